The molecule has 2 rings (SSSR count). The number of nitrogens with zero attached hydrogens (tertiary/aromatic N) is 1. The van der Waals surface area contributed by atoms with Gasteiger partial charge in [0, 0.05) is 16.3 Å². The lowest BCUT2D eigenvalue weighted by Crippen LogP contribution is -2.34. The smallest absolute Gasteiger partial charge is 0.241 e. The summed E-state index contributed by atoms with van der Waals surface area (Å²) < 4.78 is 0. The van der Waals surface area contributed by atoms with E-state index in [9.17, 15) is 4.79 Å². The molecule has 20 heavy (non-hydrogen) atoms. The van der Waals surface area contributed by atoms with Crippen LogP contribution in [0, 0.1) is 12.8 Å². The first-order valence-corrected chi connectivity index (χ1v) is 8.51. The van der Waals surface area contributed by atoms with Crippen molar-refractivity contribution >= 4 is 17.2 Å². The zero-order valence-corrected chi connectivity index (χ0v) is 13.8. The number of amides is 1. The van der Waals surface area contributed by atoms with Crippen molar-refractivity contribution in [2.24, 2.45) is 5.92 Å². The van der Waals surface area contributed by atoms with Crippen molar-refractivity contribution < 1.29 is 4.79 Å². The topological polar surface area (TPSA) is 32.3 Å². The van der Waals surface area contributed by atoms with Gasteiger partial charge in [-0.15, -0.1) is 11.3 Å². The van der Waals surface area contributed by atoms with Gasteiger partial charge in [0.15, 0.2) is 0 Å². The normalized spacial score (nSPS) is 24.4. The SMILES string of the molecule is CCCC1NC(c2ccc(C)s2)N(CC(C)CC)C1=O. The third kappa shape index (κ3) is 3.23. The maximum atomic E-state index is 12.6. The maximum absolute atomic E-state index is 12.6. The quantitative estimate of drug-likeness (QED) is 0.867. The van der Waals surface area contributed by atoms with Gasteiger partial charge in [-0.3, -0.25) is 10.1 Å². The lowest BCUT2D eigenvalue weighted by Gasteiger charge is -2.26. The Bertz CT molecular complexity index is 457. The lowest BCUT2D eigenvalue weighted by atomic mass is 10.1. The molecule has 1 aliphatic rings. The van der Waals surface area contributed by atoms with Crippen LogP contribution >= 0.6 is 11.3 Å². The second-order valence-electron chi connectivity index (χ2n) is 5.86. The number of nitrogens with one attached hydrogen (secondary N) is 1. The minimum absolute atomic E-state index is 0.00328. The second kappa shape index (κ2) is 6.72. The Labute approximate surface area is 126 Å². The molecule has 4 heteroatoms. The van der Waals surface area contributed by atoms with Crippen molar-refractivity contribution in [3.63, 3.8) is 0 Å². The molecule has 1 aromatic rings. The van der Waals surface area contributed by atoms with E-state index < -0.39 is 0 Å². The third-order valence-corrected chi connectivity index (χ3v) is 5.12. The van der Waals surface area contributed by atoms with Crippen LogP contribution in [0.3, 0.4) is 0 Å². The Kier molecular flexibility index (Phi) is 5.22. The van der Waals surface area contributed by atoms with Crippen LogP contribution in [0.5, 0.6) is 0 Å². The van der Waals surface area contributed by atoms with Gasteiger partial charge >= 0.3 is 0 Å². The number of thiophene rings is 1. The van der Waals surface area contributed by atoms with E-state index in [4.69, 9.17) is 0 Å². The minimum atomic E-state index is -0.00328. The van der Waals surface area contributed by atoms with Crippen LogP contribution in [0.15, 0.2) is 12.1 Å². The highest BCUT2D eigenvalue weighted by Gasteiger charge is 2.39. The predicted molar refractivity (Wildman–Crippen MR) is 84.8 cm³/mol. The number of aryl methyl sites for hydroxylation is 1. The number of hydrogen-bond acceptors (Lipinski definition) is 3. The molecule has 1 aliphatic heterocycles. The summed E-state index contributed by atoms with van der Waals surface area (Å²) in [6, 6.07) is 4.29. The molecule has 1 fully saturated rings. The van der Waals surface area contributed by atoms with E-state index in [-0.39, 0.29) is 18.1 Å². The number of carbonyl (C=O) groups is 1. The van der Waals surface area contributed by atoms with Gasteiger partial charge in [0.05, 0.1) is 6.04 Å². The van der Waals surface area contributed by atoms with Gasteiger partial charge in [-0.2, -0.15) is 0 Å². The first-order chi connectivity index (χ1) is 9.56. The summed E-state index contributed by atoms with van der Waals surface area (Å²) in [5.74, 6) is 0.827. The van der Waals surface area contributed by atoms with E-state index in [0.29, 0.717) is 5.92 Å². The first kappa shape index (κ1) is 15.5. The molecule has 3 atom stereocenters. The van der Waals surface area contributed by atoms with E-state index in [1.165, 1.54) is 9.75 Å². The highest BCUT2D eigenvalue weighted by molar-refractivity contribution is 7.12. The molecule has 3 unspecified atom stereocenters. The highest BCUT2D eigenvalue weighted by Crippen LogP contribution is 2.32. The second-order valence-corrected chi connectivity index (χ2v) is 7.18. The van der Waals surface area contributed by atoms with E-state index in [0.717, 1.165) is 25.8 Å². The van der Waals surface area contributed by atoms with Crippen LogP contribution in [-0.2, 0) is 4.79 Å². The molecule has 0 bridgehead atoms. The molecule has 1 amide bonds. The average molecular weight is 294 g/mol. The fraction of sp³-hybridized carbons (Fsp3) is 0.688. The summed E-state index contributed by atoms with van der Waals surface area (Å²) in [6.07, 6.45) is 3.15. The first-order valence-electron chi connectivity index (χ1n) is 7.69. The third-order valence-electron chi connectivity index (χ3n) is 4.07. The molecular formula is C16H26N2OS. The Morgan fingerprint density at radius 2 is 2.15 bits per heavy atom. The monoisotopic (exact) mass is 294 g/mol. The minimum Gasteiger partial charge on any atom is -0.320 e. The number of hydrogen-bond donors (Lipinski definition) is 1. The summed E-state index contributed by atoms with van der Waals surface area (Å²) in [6.45, 7) is 9.51. The van der Waals surface area contributed by atoms with Crippen molar-refractivity contribution in [2.75, 3.05) is 6.54 Å². The van der Waals surface area contributed by atoms with Crippen LogP contribution in [0.25, 0.3) is 0 Å². The molecule has 2 heterocycles. The fourth-order valence-corrected chi connectivity index (χ4v) is 3.62. The zero-order chi connectivity index (χ0) is 14.7. The molecule has 0 saturated carbocycles. The van der Waals surface area contributed by atoms with E-state index in [2.05, 4.69) is 50.0 Å². The largest absolute Gasteiger partial charge is 0.320 e. The molecule has 3 nitrogen and oxygen atoms in total. The van der Waals surface area contributed by atoms with Gasteiger partial charge in [-0.05, 0) is 31.4 Å². The molecule has 1 N–H and O–H groups in total. The van der Waals surface area contributed by atoms with Gasteiger partial charge in [0.1, 0.15) is 6.17 Å². The van der Waals surface area contributed by atoms with Crippen molar-refractivity contribution in [3.8, 4) is 0 Å². The van der Waals surface area contributed by atoms with Crippen molar-refractivity contribution in [3.05, 3.63) is 21.9 Å². The van der Waals surface area contributed by atoms with Gasteiger partial charge < -0.3 is 4.90 Å². The summed E-state index contributed by atoms with van der Waals surface area (Å²) in [5.41, 5.74) is 0. The summed E-state index contributed by atoms with van der Waals surface area (Å²) >= 11 is 1.79. The molecule has 0 spiro atoms. The Morgan fingerprint density at radius 1 is 1.40 bits per heavy atom. The number of rotatable bonds is 6. The van der Waals surface area contributed by atoms with Gasteiger partial charge in [-0.25, -0.2) is 0 Å². The van der Waals surface area contributed by atoms with E-state index in [1.807, 2.05) is 0 Å². The Hall–Kier alpha value is -0.870. The van der Waals surface area contributed by atoms with Crippen LogP contribution in [0.4, 0.5) is 0 Å². The zero-order valence-electron chi connectivity index (χ0n) is 13.0. The van der Waals surface area contributed by atoms with Gasteiger partial charge in [0.2, 0.25) is 5.91 Å². The maximum Gasteiger partial charge on any atom is 0.241 e. The van der Waals surface area contributed by atoms with Crippen molar-refractivity contribution in [1.82, 2.24) is 10.2 Å². The van der Waals surface area contributed by atoms with Crippen molar-refractivity contribution in [2.45, 2.75) is 59.2 Å². The standard InChI is InChI=1S/C16H26N2OS/c1-5-7-13-16(19)18(10-11(3)6-2)15(17-13)14-9-8-12(4)20-14/h8-9,11,13,15,17H,5-7,10H2,1-4H3. The lowest BCUT2D eigenvalue weighted by molar-refractivity contribution is -0.130. The molecular weight excluding hydrogens is 268 g/mol. The fourth-order valence-electron chi connectivity index (χ4n) is 2.67. The molecule has 0 aliphatic carbocycles. The van der Waals surface area contributed by atoms with Crippen LogP contribution in [-0.4, -0.2) is 23.4 Å². The van der Waals surface area contributed by atoms with Gasteiger partial charge in [-0.1, -0.05) is 33.6 Å². The Balaban J connectivity index is 2.20. The van der Waals surface area contributed by atoms with E-state index in [1.54, 1.807) is 11.3 Å². The van der Waals surface area contributed by atoms with Gasteiger partial charge in [0.25, 0.3) is 0 Å². The molecule has 112 valence electrons. The Morgan fingerprint density at radius 3 is 2.70 bits per heavy atom. The summed E-state index contributed by atoms with van der Waals surface area (Å²) in [5, 5.41) is 3.54. The van der Waals surface area contributed by atoms with Crippen LogP contribution in [0.2, 0.25) is 0 Å². The summed E-state index contributed by atoms with van der Waals surface area (Å²) in [4.78, 5) is 17.2. The van der Waals surface area contributed by atoms with Crippen LogP contribution < -0.4 is 5.32 Å². The molecule has 1 saturated heterocycles. The van der Waals surface area contributed by atoms with Crippen LogP contribution in [0.1, 0.15) is 56.0 Å². The predicted octanol–water partition coefficient (Wildman–Crippen LogP) is 3.70. The average Bonchev–Trinajstić information content (AvgIpc) is 2.97. The van der Waals surface area contributed by atoms with E-state index >= 15 is 0 Å². The summed E-state index contributed by atoms with van der Waals surface area (Å²) in [7, 11) is 0. The molecule has 0 radical (unpaired) electrons. The highest BCUT2D eigenvalue weighted by atomic mass is 32.1. The number of carbonyl (C=O) groups excluding carboxylic acids is 1. The molecule has 1 aromatic heterocycles. The molecule has 0 aromatic carbocycles. The van der Waals surface area contributed by atoms with Crippen molar-refractivity contribution in [1.29, 1.82) is 0 Å².